The number of nitrogens with zero attached hydrogens (tertiary/aromatic N) is 1. The summed E-state index contributed by atoms with van der Waals surface area (Å²) < 4.78 is 5.02. The fourth-order valence-electron chi connectivity index (χ4n) is 3.90. The van der Waals surface area contributed by atoms with E-state index in [1.165, 1.54) is 0 Å². The first-order chi connectivity index (χ1) is 18.9. The minimum atomic E-state index is -0.298. The van der Waals surface area contributed by atoms with E-state index in [2.05, 4.69) is 5.32 Å². The zero-order valence-electron chi connectivity index (χ0n) is 21.4. The summed E-state index contributed by atoms with van der Waals surface area (Å²) in [5.41, 5.74) is 3.26. The molecular formula is C31H28Cl2N2O3S. The van der Waals surface area contributed by atoms with E-state index in [0.717, 1.165) is 26.6 Å². The van der Waals surface area contributed by atoms with Gasteiger partial charge in [-0.3, -0.25) is 9.69 Å². The Morgan fingerprint density at radius 1 is 0.821 bits per heavy atom. The van der Waals surface area contributed by atoms with Gasteiger partial charge in [0.25, 0.3) is 0 Å². The van der Waals surface area contributed by atoms with E-state index in [9.17, 15) is 9.59 Å². The SMILES string of the molecule is CCOC(=O)Cc1ccc(Sc2ccc(N(CCc3ccccc3)C(=O)Nc3cccc(Cl)c3Cl)cc2)cc1. The van der Waals surface area contributed by atoms with Crippen molar-refractivity contribution in [2.45, 2.75) is 29.6 Å². The van der Waals surface area contributed by atoms with E-state index >= 15 is 0 Å². The lowest BCUT2D eigenvalue weighted by molar-refractivity contribution is -0.142. The monoisotopic (exact) mass is 578 g/mol. The van der Waals surface area contributed by atoms with Crippen LogP contribution in [0.15, 0.2) is 107 Å². The number of carbonyl (C=O) groups is 2. The molecule has 5 nitrogen and oxygen atoms in total. The molecule has 4 aromatic rings. The maximum absolute atomic E-state index is 13.4. The standard InChI is InChI=1S/C31H28Cl2N2O3S/c1-2-38-29(36)21-23-11-15-25(16-12-23)39-26-17-13-24(14-18-26)35(20-19-22-7-4-3-5-8-22)31(37)34-28-10-6-9-27(32)30(28)33/h3-18H,2,19-21H2,1H3,(H,34,37). The minimum Gasteiger partial charge on any atom is -0.466 e. The Bertz CT molecular complexity index is 1400. The summed E-state index contributed by atoms with van der Waals surface area (Å²) in [6.45, 7) is 2.65. The van der Waals surface area contributed by atoms with Gasteiger partial charge < -0.3 is 10.1 Å². The Labute approximate surface area is 243 Å². The lowest BCUT2D eigenvalue weighted by Crippen LogP contribution is -2.36. The number of urea groups is 1. The fourth-order valence-corrected chi connectivity index (χ4v) is 5.07. The van der Waals surface area contributed by atoms with Gasteiger partial charge in [-0.05, 0) is 73.0 Å². The maximum atomic E-state index is 13.4. The molecule has 0 fully saturated rings. The summed E-state index contributed by atoms with van der Waals surface area (Å²) in [6, 6.07) is 30.6. The molecule has 2 amide bonds. The van der Waals surface area contributed by atoms with Gasteiger partial charge in [-0.15, -0.1) is 0 Å². The molecule has 4 aromatic carbocycles. The smallest absolute Gasteiger partial charge is 0.326 e. The summed E-state index contributed by atoms with van der Waals surface area (Å²) in [5, 5.41) is 3.58. The van der Waals surface area contributed by atoms with Gasteiger partial charge in [0.1, 0.15) is 0 Å². The van der Waals surface area contributed by atoms with Gasteiger partial charge in [0, 0.05) is 22.0 Å². The summed E-state index contributed by atoms with van der Waals surface area (Å²) in [7, 11) is 0. The highest BCUT2D eigenvalue weighted by Crippen LogP contribution is 2.32. The quantitative estimate of drug-likeness (QED) is 0.191. The first-order valence-corrected chi connectivity index (χ1v) is 14.1. The Hall–Kier alpha value is -3.45. The average molecular weight is 580 g/mol. The number of halogens is 2. The lowest BCUT2D eigenvalue weighted by Gasteiger charge is -2.24. The van der Waals surface area contributed by atoms with Gasteiger partial charge in [-0.25, -0.2) is 4.79 Å². The number of hydrogen-bond donors (Lipinski definition) is 1. The molecule has 4 rings (SSSR count). The van der Waals surface area contributed by atoms with Crippen LogP contribution >= 0.6 is 35.0 Å². The number of anilines is 2. The van der Waals surface area contributed by atoms with E-state index in [0.29, 0.717) is 35.3 Å². The van der Waals surface area contributed by atoms with Crippen molar-refractivity contribution in [3.63, 3.8) is 0 Å². The lowest BCUT2D eigenvalue weighted by atomic mass is 10.1. The van der Waals surface area contributed by atoms with Crippen molar-refractivity contribution >= 4 is 58.3 Å². The van der Waals surface area contributed by atoms with Gasteiger partial charge in [-0.1, -0.05) is 83.5 Å². The van der Waals surface area contributed by atoms with Gasteiger partial charge in [0.15, 0.2) is 0 Å². The van der Waals surface area contributed by atoms with Crippen LogP contribution in [0.5, 0.6) is 0 Å². The minimum absolute atomic E-state index is 0.230. The summed E-state index contributed by atoms with van der Waals surface area (Å²) >= 11 is 14.1. The molecule has 0 aliphatic rings. The molecular weight excluding hydrogens is 551 g/mol. The van der Waals surface area contributed by atoms with Crippen molar-refractivity contribution in [3.8, 4) is 0 Å². The largest absolute Gasteiger partial charge is 0.466 e. The predicted octanol–water partition coefficient (Wildman–Crippen LogP) is 8.53. The Morgan fingerprint density at radius 2 is 1.49 bits per heavy atom. The van der Waals surface area contributed by atoms with Crippen LogP contribution in [-0.2, 0) is 22.4 Å². The Balaban J connectivity index is 1.47. The molecule has 0 saturated heterocycles. The van der Waals surface area contributed by atoms with Gasteiger partial charge >= 0.3 is 12.0 Å². The third-order valence-corrected chi connectivity index (χ3v) is 7.70. The second kappa shape index (κ2) is 14.1. The van der Waals surface area contributed by atoms with Gasteiger partial charge in [0.05, 0.1) is 28.8 Å². The van der Waals surface area contributed by atoms with Crippen molar-refractivity contribution in [3.05, 3.63) is 118 Å². The molecule has 0 saturated carbocycles. The van der Waals surface area contributed by atoms with Crippen molar-refractivity contribution in [1.82, 2.24) is 0 Å². The normalized spacial score (nSPS) is 10.6. The van der Waals surface area contributed by atoms with Crippen molar-refractivity contribution in [2.24, 2.45) is 0 Å². The molecule has 1 N–H and O–H groups in total. The number of ether oxygens (including phenoxy) is 1. The van der Waals surface area contributed by atoms with Crippen LogP contribution in [-0.4, -0.2) is 25.2 Å². The van der Waals surface area contributed by atoms with E-state index in [-0.39, 0.29) is 18.4 Å². The highest BCUT2D eigenvalue weighted by Gasteiger charge is 2.18. The number of nitrogens with one attached hydrogen (secondary N) is 1. The third kappa shape index (κ3) is 8.27. The number of carbonyl (C=O) groups excluding carboxylic acids is 2. The molecule has 0 spiro atoms. The molecule has 8 heteroatoms. The molecule has 0 aromatic heterocycles. The molecule has 0 atom stereocenters. The zero-order chi connectivity index (χ0) is 27.6. The van der Waals surface area contributed by atoms with Crippen LogP contribution in [0.3, 0.4) is 0 Å². The first-order valence-electron chi connectivity index (χ1n) is 12.5. The van der Waals surface area contributed by atoms with Crippen LogP contribution in [0.1, 0.15) is 18.1 Å². The van der Waals surface area contributed by atoms with Crippen LogP contribution < -0.4 is 10.2 Å². The van der Waals surface area contributed by atoms with E-state index in [1.54, 1.807) is 41.8 Å². The molecule has 0 bridgehead atoms. The highest BCUT2D eigenvalue weighted by atomic mass is 35.5. The topological polar surface area (TPSA) is 58.6 Å². The number of amides is 2. The Morgan fingerprint density at radius 3 is 2.15 bits per heavy atom. The number of hydrogen-bond acceptors (Lipinski definition) is 4. The molecule has 0 unspecified atom stereocenters. The second-order valence-corrected chi connectivity index (χ2v) is 10.6. The van der Waals surface area contributed by atoms with E-state index in [4.69, 9.17) is 27.9 Å². The van der Waals surface area contributed by atoms with Crippen molar-refractivity contribution in [2.75, 3.05) is 23.4 Å². The van der Waals surface area contributed by atoms with E-state index < -0.39 is 0 Å². The predicted molar refractivity (Wildman–Crippen MR) is 160 cm³/mol. The molecule has 200 valence electrons. The fraction of sp³-hybridized carbons (Fsp3) is 0.161. The average Bonchev–Trinajstić information content (AvgIpc) is 2.94. The van der Waals surface area contributed by atoms with Crippen LogP contribution in [0, 0.1) is 0 Å². The number of esters is 1. The van der Waals surface area contributed by atoms with E-state index in [1.807, 2.05) is 78.9 Å². The summed E-state index contributed by atoms with van der Waals surface area (Å²) in [6.07, 6.45) is 0.945. The second-order valence-electron chi connectivity index (χ2n) is 8.64. The number of benzene rings is 4. The molecule has 39 heavy (non-hydrogen) atoms. The van der Waals surface area contributed by atoms with Gasteiger partial charge in [-0.2, -0.15) is 0 Å². The maximum Gasteiger partial charge on any atom is 0.326 e. The highest BCUT2D eigenvalue weighted by molar-refractivity contribution is 7.99. The Kier molecular flexibility index (Phi) is 10.3. The third-order valence-electron chi connectivity index (χ3n) is 5.87. The molecule has 0 aliphatic carbocycles. The van der Waals surface area contributed by atoms with Crippen molar-refractivity contribution < 1.29 is 14.3 Å². The summed E-state index contributed by atoms with van der Waals surface area (Å²) in [4.78, 5) is 28.9. The van der Waals surface area contributed by atoms with Crippen LogP contribution in [0.25, 0.3) is 0 Å². The van der Waals surface area contributed by atoms with Gasteiger partial charge in [0.2, 0.25) is 0 Å². The molecule has 0 radical (unpaired) electrons. The summed E-state index contributed by atoms with van der Waals surface area (Å²) in [5.74, 6) is -0.230. The van der Waals surface area contributed by atoms with Crippen LogP contribution in [0.4, 0.5) is 16.2 Å². The molecule has 0 aliphatic heterocycles. The van der Waals surface area contributed by atoms with Crippen molar-refractivity contribution in [1.29, 1.82) is 0 Å². The zero-order valence-corrected chi connectivity index (χ0v) is 23.7. The van der Waals surface area contributed by atoms with Crippen LogP contribution in [0.2, 0.25) is 10.0 Å². The number of rotatable bonds is 10. The first kappa shape index (κ1) is 28.6. The molecule has 0 heterocycles.